The predicted molar refractivity (Wildman–Crippen MR) is 68.4 cm³/mol. The van der Waals surface area contributed by atoms with Gasteiger partial charge in [-0.25, -0.2) is 4.79 Å². The van der Waals surface area contributed by atoms with E-state index in [1.54, 1.807) is 32.9 Å². The first-order chi connectivity index (χ1) is 8.30. The second-order valence-corrected chi connectivity index (χ2v) is 4.37. The van der Waals surface area contributed by atoms with Crippen LogP contribution in [0.4, 0.5) is 4.79 Å². The number of carboxylic acid groups (broad SMARTS) is 1. The van der Waals surface area contributed by atoms with Crippen molar-refractivity contribution in [2.45, 2.75) is 26.4 Å². The Bertz CT molecular complexity index is 382. The van der Waals surface area contributed by atoms with E-state index in [1.165, 1.54) is 12.4 Å². The average molecular weight is 290 g/mol. The van der Waals surface area contributed by atoms with Crippen LogP contribution < -0.4 is 56.5 Å². The van der Waals surface area contributed by atoms with Crippen LogP contribution >= 0.6 is 0 Å². The van der Waals surface area contributed by atoms with Gasteiger partial charge in [-0.1, -0.05) is 20.8 Å². The normalized spacial score (nSPS) is 9.05. The maximum Gasteiger partial charge on any atom is 1.00 e. The summed E-state index contributed by atoms with van der Waals surface area (Å²) in [6.07, 6.45) is 5.75. The Morgan fingerprint density at radius 2 is 1.47 bits per heavy atom. The van der Waals surface area contributed by atoms with Gasteiger partial charge in [-0.15, -0.1) is 5.60 Å². The summed E-state index contributed by atoms with van der Waals surface area (Å²) in [6.45, 7) is 4.90. The summed E-state index contributed by atoms with van der Waals surface area (Å²) in [7, 11) is 0. The largest absolute Gasteiger partial charge is 1.00 e. The van der Waals surface area contributed by atoms with Gasteiger partial charge in [0, 0.05) is 24.8 Å². The number of carbonyl (C=O) groups is 1. The number of H-pyrrole nitrogens is 1. The van der Waals surface area contributed by atoms with Gasteiger partial charge in [0.1, 0.15) is 0 Å². The van der Waals surface area contributed by atoms with Crippen molar-refractivity contribution in [2.75, 3.05) is 0 Å². The van der Waals surface area contributed by atoms with Crippen LogP contribution in [0.5, 0.6) is 0 Å². The first-order valence-electron chi connectivity index (χ1n) is 5.45. The molecule has 0 aliphatic carbocycles. The van der Waals surface area contributed by atoms with Crippen molar-refractivity contribution in [1.82, 2.24) is 9.55 Å². The van der Waals surface area contributed by atoms with Gasteiger partial charge in [-0.2, -0.15) is 0 Å². The minimum atomic E-state index is -0.949. The number of nitrogens with zero attached hydrogens (tertiary/aromatic N) is 1. The summed E-state index contributed by atoms with van der Waals surface area (Å²) in [5.74, 6) is 0. The monoisotopic (exact) mass is 290 g/mol. The Balaban J connectivity index is 0. The van der Waals surface area contributed by atoms with Gasteiger partial charge in [0.05, 0.1) is 0 Å². The van der Waals surface area contributed by atoms with Crippen LogP contribution in [0.25, 0.3) is 0 Å². The molecular formula is C13H19KN2O3. The van der Waals surface area contributed by atoms with E-state index in [4.69, 9.17) is 5.11 Å². The van der Waals surface area contributed by atoms with E-state index >= 15 is 0 Å². The van der Waals surface area contributed by atoms with Gasteiger partial charge in [0.25, 0.3) is 0 Å². The molecule has 0 aliphatic rings. The molecule has 0 spiro atoms. The predicted octanol–water partition coefficient (Wildman–Crippen LogP) is -0.822. The smallest absolute Gasteiger partial charge is 0.850 e. The molecule has 0 amide bonds. The molecule has 0 bridgehead atoms. The molecule has 0 fully saturated rings. The van der Waals surface area contributed by atoms with Gasteiger partial charge in [0.15, 0.2) is 0 Å². The van der Waals surface area contributed by atoms with E-state index in [-0.39, 0.29) is 51.4 Å². The summed E-state index contributed by atoms with van der Waals surface area (Å²) in [6, 6.07) is 7.21. The van der Waals surface area contributed by atoms with Crippen molar-refractivity contribution in [3.63, 3.8) is 0 Å². The van der Waals surface area contributed by atoms with Crippen molar-refractivity contribution < 1.29 is 66.4 Å². The number of aromatic amines is 1. The molecular weight excluding hydrogens is 271 g/mol. The summed E-state index contributed by atoms with van der Waals surface area (Å²) in [4.78, 5) is 12.9. The topological polar surface area (TPSA) is 81.1 Å². The third-order valence-electron chi connectivity index (χ3n) is 1.32. The van der Waals surface area contributed by atoms with Crippen LogP contribution in [0.1, 0.15) is 20.8 Å². The third-order valence-corrected chi connectivity index (χ3v) is 1.32. The second-order valence-electron chi connectivity index (χ2n) is 4.37. The number of rotatable bonds is 0. The number of aromatic nitrogens is 2. The van der Waals surface area contributed by atoms with E-state index in [9.17, 15) is 9.90 Å². The van der Waals surface area contributed by atoms with Crippen LogP contribution in [0.3, 0.4) is 0 Å². The van der Waals surface area contributed by atoms with Crippen LogP contribution in [-0.4, -0.2) is 26.4 Å². The second kappa shape index (κ2) is 11.5. The Morgan fingerprint density at radius 1 is 1.11 bits per heavy atom. The molecule has 5 nitrogen and oxygen atoms in total. The standard InChI is InChI=1S/C5H5NO2.C4H5N.C4H9O.K/c7-5(8)6-3-1-2-4-6;1-2-4-5-3-1;1-4(2,3)5;/h1-4H,(H,7,8);1-5H;1-3H3;/q;;-1;+1. The van der Waals surface area contributed by atoms with Crippen LogP contribution in [0, 0.1) is 0 Å². The third kappa shape index (κ3) is 17.6. The van der Waals surface area contributed by atoms with Crippen LogP contribution in [0.15, 0.2) is 49.1 Å². The molecule has 19 heavy (non-hydrogen) atoms. The number of hydrogen-bond acceptors (Lipinski definition) is 2. The molecule has 2 heterocycles. The van der Waals surface area contributed by atoms with E-state index in [1.807, 2.05) is 24.5 Å². The molecule has 2 N–H and O–H groups in total. The van der Waals surface area contributed by atoms with Crippen LogP contribution in [-0.2, 0) is 0 Å². The van der Waals surface area contributed by atoms with E-state index in [0.29, 0.717) is 0 Å². The van der Waals surface area contributed by atoms with E-state index < -0.39 is 11.7 Å². The molecule has 100 valence electrons. The maximum absolute atomic E-state index is 10.1. The van der Waals surface area contributed by atoms with Crippen molar-refractivity contribution in [3.05, 3.63) is 49.1 Å². The van der Waals surface area contributed by atoms with E-state index in [0.717, 1.165) is 4.57 Å². The Morgan fingerprint density at radius 3 is 1.63 bits per heavy atom. The summed E-state index contributed by atoms with van der Waals surface area (Å²) in [5.41, 5.74) is -0.750. The molecule has 2 rings (SSSR count). The summed E-state index contributed by atoms with van der Waals surface area (Å²) >= 11 is 0. The minimum absolute atomic E-state index is 0. The molecule has 0 radical (unpaired) electrons. The zero-order valence-electron chi connectivity index (χ0n) is 11.8. The fraction of sp³-hybridized carbons (Fsp3) is 0.308. The summed E-state index contributed by atoms with van der Waals surface area (Å²) < 4.78 is 1.08. The van der Waals surface area contributed by atoms with Crippen LogP contribution in [0.2, 0.25) is 0 Å². The fourth-order valence-corrected chi connectivity index (χ4v) is 0.740. The molecule has 6 heteroatoms. The zero-order chi connectivity index (χ0) is 14.0. The molecule has 0 aromatic carbocycles. The average Bonchev–Trinajstić information content (AvgIpc) is 2.93. The van der Waals surface area contributed by atoms with Gasteiger partial charge >= 0.3 is 57.5 Å². The van der Waals surface area contributed by atoms with E-state index in [2.05, 4.69) is 4.98 Å². The molecule has 2 aromatic heterocycles. The Kier molecular flexibility index (Phi) is 12.6. The van der Waals surface area contributed by atoms with Crippen molar-refractivity contribution in [2.24, 2.45) is 0 Å². The van der Waals surface area contributed by atoms with Crippen molar-refractivity contribution in [1.29, 1.82) is 0 Å². The van der Waals surface area contributed by atoms with Gasteiger partial charge in [-0.3, -0.25) is 4.57 Å². The van der Waals surface area contributed by atoms with Crippen molar-refractivity contribution >= 4 is 6.09 Å². The first kappa shape index (κ1) is 20.9. The molecule has 0 unspecified atom stereocenters. The molecule has 0 atom stereocenters. The molecule has 0 saturated heterocycles. The van der Waals surface area contributed by atoms with Gasteiger partial charge in [-0.05, 0) is 24.3 Å². The van der Waals surface area contributed by atoms with Crippen molar-refractivity contribution in [3.8, 4) is 0 Å². The van der Waals surface area contributed by atoms with Gasteiger partial charge in [0.2, 0.25) is 0 Å². The number of hydrogen-bond donors (Lipinski definition) is 2. The SMILES string of the molecule is CC(C)(C)[O-].O=C(O)n1cccc1.[K+].c1cc[nH]c1. The summed E-state index contributed by atoms with van der Waals surface area (Å²) in [5, 5.41) is 18.3. The number of nitrogens with one attached hydrogen (secondary N) is 1. The zero-order valence-corrected chi connectivity index (χ0v) is 15.0. The molecule has 0 saturated carbocycles. The first-order valence-corrected chi connectivity index (χ1v) is 5.45. The quantitative estimate of drug-likeness (QED) is 0.622. The Hall–Kier alpha value is -0.374. The maximum atomic E-state index is 10.1. The Labute approximate surface area is 156 Å². The fourth-order valence-electron chi connectivity index (χ4n) is 0.740. The molecule has 2 aromatic rings. The van der Waals surface area contributed by atoms with Gasteiger partial charge < -0.3 is 15.2 Å². The minimum Gasteiger partial charge on any atom is -0.850 e. The molecule has 0 aliphatic heterocycles.